The fourth-order valence-corrected chi connectivity index (χ4v) is 3.47. The van der Waals surface area contributed by atoms with Crippen molar-refractivity contribution in [2.24, 2.45) is 11.8 Å². The van der Waals surface area contributed by atoms with Crippen molar-refractivity contribution in [1.29, 1.82) is 0 Å². The van der Waals surface area contributed by atoms with Gasteiger partial charge in [-0.25, -0.2) is 0 Å². The van der Waals surface area contributed by atoms with Gasteiger partial charge in [0.1, 0.15) is 18.5 Å². The lowest BCUT2D eigenvalue weighted by molar-refractivity contribution is -0.167. The smallest absolute Gasteiger partial charge is 0.308 e. The minimum absolute atomic E-state index is 0.0978. The molecule has 0 bridgehead atoms. The Morgan fingerprint density at radius 2 is 2.08 bits per heavy atom. The maximum atomic E-state index is 12.1. The number of carbonyl (C=O) groups excluding carboxylic acids is 3. The summed E-state index contributed by atoms with van der Waals surface area (Å²) in [6.07, 6.45) is 0.0497. The molecule has 0 aromatic carbocycles. The van der Waals surface area contributed by atoms with E-state index in [0.717, 1.165) is 6.29 Å². The second-order valence-electron chi connectivity index (χ2n) is 7.74. The maximum absolute atomic E-state index is 12.1. The van der Waals surface area contributed by atoms with E-state index < -0.39 is 35.9 Å². The van der Waals surface area contributed by atoms with Crippen LogP contribution in [0.5, 0.6) is 0 Å². The molecule has 1 fully saturated rings. The minimum Gasteiger partial charge on any atom is -0.462 e. The molecule has 2 N–H and O–H groups in total. The number of aldehydes is 1. The Morgan fingerprint density at radius 3 is 2.65 bits per heavy atom. The van der Waals surface area contributed by atoms with E-state index in [1.807, 2.05) is 13.8 Å². The zero-order chi connectivity index (χ0) is 19.9. The highest BCUT2D eigenvalue weighted by Crippen LogP contribution is 2.30. The molecule has 0 saturated carbocycles. The zero-order valence-corrected chi connectivity index (χ0v) is 16.1. The number of hydrogen-bond acceptors (Lipinski definition) is 7. The predicted molar refractivity (Wildman–Crippen MR) is 94.2 cm³/mol. The first kappa shape index (κ1) is 22.6. The fraction of sp³-hybridized carbons (Fsp3) is 0.842. The summed E-state index contributed by atoms with van der Waals surface area (Å²) in [6, 6.07) is 0. The third-order valence-electron chi connectivity index (χ3n) is 5.13. The third-order valence-corrected chi connectivity index (χ3v) is 5.13. The molecule has 0 amide bonds. The molecule has 26 heavy (non-hydrogen) atoms. The Bertz CT molecular complexity index is 488. The van der Waals surface area contributed by atoms with E-state index in [2.05, 4.69) is 0 Å². The van der Waals surface area contributed by atoms with Crippen molar-refractivity contribution in [3.63, 3.8) is 0 Å². The Kier molecular flexibility index (Phi) is 8.70. The molecule has 0 aromatic heterocycles. The first-order chi connectivity index (χ1) is 12.1. The number of aliphatic hydroxyl groups excluding tert-OH is 1. The molecule has 1 rings (SSSR count). The van der Waals surface area contributed by atoms with Crippen molar-refractivity contribution < 1.29 is 34.1 Å². The Labute approximate surface area is 155 Å². The molecule has 1 heterocycles. The highest BCUT2D eigenvalue weighted by molar-refractivity contribution is 5.70. The van der Waals surface area contributed by atoms with E-state index in [9.17, 15) is 24.6 Å². The van der Waals surface area contributed by atoms with E-state index in [1.165, 1.54) is 6.92 Å². The molecule has 7 nitrogen and oxygen atoms in total. The van der Waals surface area contributed by atoms with Gasteiger partial charge < -0.3 is 24.5 Å². The molecule has 7 heteroatoms. The standard InChI is InChI=1S/C19H32O7/c1-12-5-6-16(25-14(3)21)19(4,24)9-7-15(22)11-17(23)26-18(12)13(2)8-10-20/h10,12-13,15-16,18,22,24H,5-9,11H2,1-4H3. The van der Waals surface area contributed by atoms with Gasteiger partial charge in [-0.1, -0.05) is 13.8 Å². The molecule has 0 spiro atoms. The summed E-state index contributed by atoms with van der Waals surface area (Å²) in [6.45, 7) is 6.61. The summed E-state index contributed by atoms with van der Waals surface area (Å²) in [7, 11) is 0. The second-order valence-corrected chi connectivity index (χ2v) is 7.74. The molecule has 0 aromatic rings. The fourth-order valence-electron chi connectivity index (χ4n) is 3.47. The number of ether oxygens (including phenoxy) is 2. The van der Waals surface area contributed by atoms with Gasteiger partial charge in [-0.3, -0.25) is 9.59 Å². The number of rotatable bonds is 4. The topological polar surface area (TPSA) is 110 Å². The van der Waals surface area contributed by atoms with Crippen molar-refractivity contribution in [2.75, 3.05) is 0 Å². The third kappa shape index (κ3) is 7.03. The van der Waals surface area contributed by atoms with Gasteiger partial charge in [0.2, 0.25) is 0 Å². The summed E-state index contributed by atoms with van der Waals surface area (Å²) in [5.41, 5.74) is -1.31. The van der Waals surface area contributed by atoms with E-state index in [0.29, 0.717) is 12.8 Å². The van der Waals surface area contributed by atoms with E-state index in [1.54, 1.807) is 6.92 Å². The van der Waals surface area contributed by atoms with Crippen molar-refractivity contribution in [3.8, 4) is 0 Å². The number of cyclic esters (lactones) is 1. The van der Waals surface area contributed by atoms with Crippen LogP contribution in [0.15, 0.2) is 0 Å². The molecule has 1 aliphatic heterocycles. The first-order valence-corrected chi connectivity index (χ1v) is 9.27. The van der Waals surface area contributed by atoms with Gasteiger partial charge >= 0.3 is 11.9 Å². The predicted octanol–water partition coefficient (Wildman–Crippen LogP) is 1.77. The monoisotopic (exact) mass is 372 g/mol. The molecule has 1 saturated heterocycles. The van der Waals surface area contributed by atoms with Gasteiger partial charge in [0.25, 0.3) is 0 Å². The molecule has 0 aliphatic carbocycles. The van der Waals surface area contributed by atoms with Gasteiger partial charge in [0.15, 0.2) is 0 Å². The van der Waals surface area contributed by atoms with Crippen LogP contribution in [0.25, 0.3) is 0 Å². The van der Waals surface area contributed by atoms with Crippen LogP contribution in [0.3, 0.4) is 0 Å². The zero-order valence-electron chi connectivity index (χ0n) is 16.1. The van der Waals surface area contributed by atoms with Crippen molar-refractivity contribution in [2.45, 2.75) is 90.1 Å². The van der Waals surface area contributed by atoms with Gasteiger partial charge in [-0.2, -0.15) is 0 Å². The van der Waals surface area contributed by atoms with Crippen LogP contribution >= 0.6 is 0 Å². The number of hydrogen-bond donors (Lipinski definition) is 2. The maximum Gasteiger partial charge on any atom is 0.308 e. The Hall–Kier alpha value is -1.47. The highest BCUT2D eigenvalue weighted by atomic mass is 16.6. The van der Waals surface area contributed by atoms with Crippen LogP contribution in [0.4, 0.5) is 0 Å². The second kappa shape index (κ2) is 10.0. The van der Waals surface area contributed by atoms with E-state index in [-0.39, 0.29) is 37.5 Å². The van der Waals surface area contributed by atoms with Crippen LogP contribution in [-0.4, -0.2) is 52.4 Å². The number of carbonyl (C=O) groups is 3. The van der Waals surface area contributed by atoms with Crippen LogP contribution in [0.2, 0.25) is 0 Å². The minimum atomic E-state index is -1.31. The molecular formula is C19H32O7. The van der Waals surface area contributed by atoms with Crippen LogP contribution in [-0.2, 0) is 23.9 Å². The van der Waals surface area contributed by atoms with Gasteiger partial charge in [0, 0.05) is 13.3 Å². The lowest BCUT2D eigenvalue weighted by Crippen LogP contribution is -2.44. The average Bonchev–Trinajstić information content (AvgIpc) is 2.53. The summed E-state index contributed by atoms with van der Waals surface area (Å²) >= 11 is 0. The Morgan fingerprint density at radius 1 is 1.42 bits per heavy atom. The van der Waals surface area contributed by atoms with Gasteiger partial charge in [-0.15, -0.1) is 0 Å². The van der Waals surface area contributed by atoms with Crippen molar-refractivity contribution in [1.82, 2.24) is 0 Å². The molecule has 150 valence electrons. The lowest BCUT2D eigenvalue weighted by atomic mass is 9.83. The van der Waals surface area contributed by atoms with E-state index >= 15 is 0 Å². The highest BCUT2D eigenvalue weighted by Gasteiger charge is 2.37. The summed E-state index contributed by atoms with van der Waals surface area (Å²) < 4.78 is 10.9. The SMILES string of the molecule is CC(=O)OC1CCC(C)C(C(C)CC=O)OC(=O)CC(O)CCC1(C)O. The molecule has 6 unspecified atom stereocenters. The normalized spacial score (nSPS) is 35.4. The van der Waals surface area contributed by atoms with Crippen molar-refractivity contribution >= 4 is 18.2 Å². The molecule has 0 radical (unpaired) electrons. The van der Waals surface area contributed by atoms with Crippen molar-refractivity contribution in [3.05, 3.63) is 0 Å². The Balaban J connectivity index is 3.04. The molecule has 6 atom stereocenters. The first-order valence-electron chi connectivity index (χ1n) is 9.27. The summed E-state index contributed by atoms with van der Waals surface area (Å²) in [5.74, 6) is -1.25. The van der Waals surface area contributed by atoms with Crippen LogP contribution in [0, 0.1) is 11.8 Å². The summed E-state index contributed by atoms with van der Waals surface area (Å²) in [5, 5.41) is 20.8. The van der Waals surface area contributed by atoms with Crippen LogP contribution < -0.4 is 0 Å². The number of aliphatic hydroxyl groups is 2. The quantitative estimate of drug-likeness (QED) is 0.571. The van der Waals surface area contributed by atoms with Gasteiger partial charge in [0.05, 0.1) is 18.1 Å². The molecule has 1 aliphatic rings. The van der Waals surface area contributed by atoms with Crippen LogP contribution in [0.1, 0.15) is 66.2 Å². The lowest BCUT2D eigenvalue weighted by Gasteiger charge is -2.36. The largest absolute Gasteiger partial charge is 0.462 e. The van der Waals surface area contributed by atoms with E-state index in [4.69, 9.17) is 9.47 Å². The van der Waals surface area contributed by atoms with Gasteiger partial charge in [-0.05, 0) is 44.4 Å². The number of esters is 2. The molecular weight excluding hydrogens is 340 g/mol. The average molecular weight is 372 g/mol. The summed E-state index contributed by atoms with van der Waals surface area (Å²) in [4.78, 5) is 34.4.